The molecule has 0 N–H and O–H groups in total. The van der Waals surface area contributed by atoms with Gasteiger partial charge in [-0.05, 0) is 27.2 Å². The number of ether oxygens (including phenoxy) is 1. The van der Waals surface area contributed by atoms with Gasteiger partial charge in [0, 0.05) is 49.4 Å². The Morgan fingerprint density at radius 2 is 1.84 bits per heavy atom. The molecule has 3 aromatic heterocycles. The van der Waals surface area contributed by atoms with Crippen molar-refractivity contribution in [2.24, 2.45) is 0 Å². The van der Waals surface area contributed by atoms with E-state index in [9.17, 15) is 9.59 Å². The zero-order valence-electron chi connectivity index (χ0n) is 21.2. The molecular weight excluding hydrogens is 474 g/mol. The summed E-state index contributed by atoms with van der Waals surface area (Å²) in [5.74, 6) is 1.50. The van der Waals surface area contributed by atoms with Crippen molar-refractivity contribution >= 4 is 23.5 Å². The number of aromatic nitrogens is 5. The maximum Gasteiger partial charge on any atom is 0.306 e. The molecule has 5 rings (SSSR count). The second kappa shape index (κ2) is 10.4. The number of carbonyl (C=O) groups is 2. The van der Waals surface area contributed by atoms with Crippen LogP contribution in [0, 0.1) is 13.8 Å². The zero-order chi connectivity index (χ0) is 25.9. The van der Waals surface area contributed by atoms with Gasteiger partial charge in [-0.25, -0.2) is 4.98 Å². The van der Waals surface area contributed by atoms with E-state index in [0.29, 0.717) is 62.0 Å². The van der Waals surface area contributed by atoms with E-state index in [2.05, 4.69) is 25.1 Å². The van der Waals surface area contributed by atoms with Gasteiger partial charge in [-0.1, -0.05) is 35.5 Å². The lowest BCUT2D eigenvalue weighted by Gasteiger charge is -2.37. The average Bonchev–Trinajstić information content (AvgIpc) is 3.53. The molecule has 1 aromatic carbocycles. The second-order valence-corrected chi connectivity index (χ2v) is 8.88. The van der Waals surface area contributed by atoms with Crippen LogP contribution in [0.3, 0.4) is 0 Å². The highest BCUT2D eigenvalue weighted by atomic mass is 16.5. The van der Waals surface area contributed by atoms with E-state index in [1.165, 1.54) is 6.33 Å². The Hall–Kier alpha value is -4.28. The highest BCUT2D eigenvalue weighted by molar-refractivity contribution is 6.00. The van der Waals surface area contributed by atoms with E-state index in [1.54, 1.807) is 18.4 Å². The number of nitrogens with zero attached hydrogens (tertiary/aromatic N) is 7. The molecule has 1 aliphatic heterocycles. The molecule has 0 spiro atoms. The van der Waals surface area contributed by atoms with Crippen molar-refractivity contribution in [1.82, 2.24) is 29.6 Å². The van der Waals surface area contributed by atoms with E-state index in [4.69, 9.17) is 9.26 Å². The van der Waals surface area contributed by atoms with E-state index < -0.39 is 0 Å². The lowest BCUT2D eigenvalue weighted by molar-refractivity contribution is -0.143. The van der Waals surface area contributed by atoms with Gasteiger partial charge in [-0.3, -0.25) is 9.59 Å². The zero-order valence-corrected chi connectivity index (χ0v) is 21.2. The molecule has 4 aromatic rings. The van der Waals surface area contributed by atoms with Gasteiger partial charge in [0.1, 0.15) is 29.2 Å². The fraction of sp³-hybridized carbons (Fsp3) is 0.385. The second-order valence-electron chi connectivity index (χ2n) is 8.88. The molecule has 0 aliphatic carbocycles. The van der Waals surface area contributed by atoms with Crippen LogP contribution < -0.4 is 4.90 Å². The first-order valence-corrected chi connectivity index (χ1v) is 12.4. The number of esters is 1. The topological polar surface area (TPSA) is 119 Å². The molecular formula is C26H29N7O4. The van der Waals surface area contributed by atoms with Crippen molar-refractivity contribution < 1.29 is 18.8 Å². The predicted octanol–water partition coefficient (Wildman–Crippen LogP) is 2.85. The Morgan fingerprint density at radius 3 is 2.57 bits per heavy atom. The van der Waals surface area contributed by atoms with Gasteiger partial charge in [0.25, 0.3) is 11.7 Å². The Kier molecular flexibility index (Phi) is 6.85. The van der Waals surface area contributed by atoms with Crippen LogP contribution in [-0.4, -0.2) is 74.3 Å². The van der Waals surface area contributed by atoms with Gasteiger partial charge in [-0.15, -0.1) is 0 Å². The molecule has 37 heavy (non-hydrogen) atoms. The number of fused-ring (bicyclic) bond motifs is 1. The summed E-state index contributed by atoms with van der Waals surface area (Å²) in [5, 5.41) is 8.56. The van der Waals surface area contributed by atoms with Crippen LogP contribution in [0.1, 0.15) is 40.7 Å². The minimum Gasteiger partial charge on any atom is -0.466 e. The van der Waals surface area contributed by atoms with Crippen LogP contribution in [-0.2, 0) is 16.0 Å². The summed E-state index contributed by atoms with van der Waals surface area (Å²) in [4.78, 5) is 38.5. The molecule has 11 nitrogen and oxygen atoms in total. The van der Waals surface area contributed by atoms with Crippen molar-refractivity contribution in [2.75, 3.05) is 37.7 Å². The van der Waals surface area contributed by atoms with Gasteiger partial charge >= 0.3 is 5.97 Å². The molecule has 1 aliphatic rings. The summed E-state index contributed by atoms with van der Waals surface area (Å²) in [6.07, 6.45) is 2.19. The Morgan fingerprint density at radius 1 is 1.08 bits per heavy atom. The SMILES string of the molecule is CCOC(=O)CCc1c(C)nc2ncnn2c1N1CCN(C(=O)c2c(-c3ccccc3)noc2C)CC1. The van der Waals surface area contributed by atoms with Crippen molar-refractivity contribution in [3.05, 3.63) is 59.2 Å². The maximum absolute atomic E-state index is 13.6. The number of piperazine rings is 1. The molecule has 1 amide bonds. The number of benzene rings is 1. The summed E-state index contributed by atoms with van der Waals surface area (Å²) in [6, 6.07) is 9.57. The van der Waals surface area contributed by atoms with E-state index in [0.717, 1.165) is 22.6 Å². The summed E-state index contributed by atoms with van der Waals surface area (Å²) < 4.78 is 12.2. The van der Waals surface area contributed by atoms with Gasteiger partial charge in [0.05, 0.1) is 6.61 Å². The Bertz CT molecular complexity index is 1420. The highest BCUT2D eigenvalue weighted by Crippen LogP contribution is 2.29. The smallest absolute Gasteiger partial charge is 0.306 e. The largest absolute Gasteiger partial charge is 0.466 e. The van der Waals surface area contributed by atoms with Crippen LogP contribution in [0.2, 0.25) is 0 Å². The van der Waals surface area contributed by atoms with E-state index in [-0.39, 0.29) is 18.3 Å². The fourth-order valence-corrected chi connectivity index (χ4v) is 4.74. The minimum absolute atomic E-state index is 0.100. The van der Waals surface area contributed by atoms with Gasteiger partial charge in [-0.2, -0.15) is 14.6 Å². The lowest BCUT2D eigenvalue weighted by atomic mass is 10.0. The van der Waals surface area contributed by atoms with Crippen LogP contribution in [0.4, 0.5) is 5.82 Å². The average molecular weight is 504 g/mol. The standard InChI is InChI=1S/C26H29N7O4/c1-4-36-21(34)11-10-20-17(2)29-26-27-16-28-33(26)24(20)31-12-14-32(15-13-31)25(35)22-18(3)37-30-23(22)19-8-6-5-7-9-19/h5-9,16H,4,10-15H2,1-3H3. The first-order chi connectivity index (χ1) is 18.0. The van der Waals surface area contributed by atoms with Crippen molar-refractivity contribution in [1.29, 1.82) is 0 Å². The van der Waals surface area contributed by atoms with E-state index in [1.807, 2.05) is 42.2 Å². The fourth-order valence-electron chi connectivity index (χ4n) is 4.74. The summed E-state index contributed by atoms with van der Waals surface area (Å²) in [7, 11) is 0. The number of hydrogen-bond acceptors (Lipinski definition) is 9. The van der Waals surface area contributed by atoms with Crippen LogP contribution in [0.25, 0.3) is 17.0 Å². The first-order valence-electron chi connectivity index (χ1n) is 12.4. The van der Waals surface area contributed by atoms with Gasteiger partial charge in [0.15, 0.2) is 0 Å². The van der Waals surface area contributed by atoms with Gasteiger partial charge < -0.3 is 19.1 Å². The molecule has 0 bridgehead atoms. The molecule has 0 radical (unpaired) electrons. The summed E-state index contributed by atoms with van der Waals surface area (Å²) in [5.41, 5.74) is 3.61. The van der Waals surface area contributed by atoms with Crippen LogP contribution in [0.5, 0.6) is 0 Å². The molecule has 11 heteroatoms. The highest BCUT2D eigenvalue weighted by Gasteiger charge is 2.30. The molecule has 0 atom stereocenters. The third-order valence-corrected chi connectivity index (χ3v) is 6.58. The van der Waals surface area contributed by atoms with Crippen LogP contribution >= 0.6 is 0 Å². The summed E-state index contributed by atoms with van der Waals surface area (Å²) in [6.45, 7) is 8.00. The number of carbonyl (C=O) groups excluding carboxylic acids is 2. The third-order valence-electron chi connectivity index (χ3n) is 6.58. The van der Waals surface area contributed by atoms with Crippen LogP contribution in [0.15, 0.2) is 41.2 Å². The minimum atomic E-state index is -0.250. The number of amides is 1. The first kappa shape index (κ1) is 24.4. The number of hydrogen-bond donors (Lipinski definition) is 0. The number of rotatable bonds is 7. The Labute approximate surface area is 214 Å². The normalized spacial score (nSPS) is 13.8. The number of anilines is 1. The van der Waals surface area contributed by atoms with Gasteiger partial charge in [0.2, 0.25) is 0 Å². The summed E-state index contributed by atoms with van der Waals surface area (Å²) >= 11 is 0. The Balaban J connectivity index is 1.38. The quantitative estimate of drug-likeness (QED) is 0.351. The lowest BCUT2D eigenvalue weighted by Crippen LogP contribution is -2.49. The monoisotopic (exact) mass is 503 g/mol. The predicted molar refractivity (Wildman–Crippen MR) is 135 cm³/mol. The third kappa shape index (κ3) is 4.76. The molecule has 0 saturated carbocycles. The molecule has 1 fully saturated rings. The maximum atomic E-state index is 13.6. The molecule has 1 saturated heterocycles. The van der Waals surface area contributed by atoms with E-state index >= 15 is 0 Å². The molecule has 4 heterocycles. The van der Waals surface area contributed by atoms with Crippen molar-refractivity contribution in [2.45, 2.75) is 33.6 Å². The molecule has 192 valence electrons. The van der Waals surface area contributed by atoms with Crippen molar-refractivity contribution in [3.8, 4) is 11.3 Å². The molecule has 0 unspecified atom stereocenters. The number of aryl methyl sites for hydroxylation is 2. The van der Waals surface area contributed by atoms with Crippen molar-refractivity contribution in [3.63, 3.8) is 0 Å².